The fourth-order valence-corrected chi connectivity index (χ4v) is 6.19. The van der Waals surface area contributed by atoms with Crippen LogP contribution in [-0.2, 0) is 32.6 Å². The number of benzene rings is 4. The molecule has 0 bridgehead atoms. The van der Waals surface area contributed by atoms with Gasteiger partial charge in [0.25, 0.3) is 10.0 Å². The highest BCUT2D eigenvalue weighted by atomic mass is 32.2. The van der Waals surface area contributed by atoms with Crippen molar-refractivity contribution in [2.45, 2.75) is 37.8 Å². The molecule has 0 aliphatic rings. The van der Waals surface area contributed by atoms with Crippen LogP contribution in [0.1, 0.15) is 23.6 Å². The highest BCUT2D eigenvalue weighted by molar-refractivity contribution is 7.92. The summed E-state index contributed by atoms with van der Waals surface area (Å²) in [7, 11) is -2.79. The van der Waals surface area contributed by atoms with Crippen molar-refractivity contribution in [3.8, 4) is 5.75 Å². The molecule has 0 saturated heterocycles. The molecule has 2 amide bonds. The average Bonchev–Trinajstić information content (AvgIpc) is 3.03. The topological polar surface area (TPSA) is 96.0 Å². The van der Waals surface area contributed by atoms with E-state index in [1.54, 1.807) is 42.5 Å². The minimum Gasteiger partial charge on any atom is -0.494 e. The number of nitrogens with zero attached hydrogens (tertiary/aromatic N) is 2. The Labute approximate surface area is 258 Å². The summed E-state index contributed by atoms with van der Waals surface area (Å²) in [5, 5.41) is 2.61. The maximum absolute atomic E-state index is 14.9. The van der Waals surface area contributed by atoms with Crippen molar-refractivity contribution in [1.82, 2.24) is 10.2 Å². The van der Waals surface area contributed by atoms with Gasteiger partial charge in [0.15, 0.2) is 0 Å². The van der Waals surface area contributed by atoms with Gasteiger partial charge >= 0.3 is 0 Å². The van der Waals surface area contributed by atoms with Crippen LogP contribution in [0.2, 0.25) is 0 Å². The van der Waals surface area contributed by atoms with E-state index >= 15 is 0 Å². The van der Waals surface area contributed by atoms with Gasteiger partial charge in [-0.05, 0) is 61.9 Å². The van der Waals surface area contributed by atoms with E-state index in [9.17, 15) is 22.4 Å². The quantitative estimate of drug-likeness (QED) is 0.225. The summed E-state index contributed by atoms with van der Waals surface area (Å²) < 4.78 is 49.6. The Morgan fingerprint density at radius 1 is 0.886 bits per heavy atom. The number of rotatable bonds is 13. The summed E-state index contributed by atoms with van der Waals surface area (Å²) >= 11 is 0. The Morgan fingerprint density at radius 2 is 1.52 bits per heavy atom. The number of carbonyl (C=O) groups excluding carboxylic acids is 2. The molecule has 0 spiro atoms. The van der Waals surface area contributed by atoms with E-state index in [0.717, 1.165) is 15.4 Å². The van der Waals surface area contributed by atoms with Gasteiger partial charge in [0.2, 0.25) is 11.8 Å². The Morgan fingerprint density at radius 3 is 2.14 bits per heavy atom. The smallest absolute Gasteiger partial charge is 0.264 e. The molecule has 1 atom stereocenters. The van der Waals surface area contributed by atoms with Crippen LogP contribution in [0.4, 0.5) is 10.1 Å². The Balaban J connectivity index is 1.79. The normalized spacial score (nSPS) is 11.8. The van der Waals surface area contributed by atoms with E-state index < -0.39 is 40.2 Å². The molecule has 0 fully saturated rings. The first kappa shape index (κ1) is 32.2. The van der Waals surface area contributed by atoms with Crippen LogP contribution in [-0.4, -0.2) is 51.4 Å². The van der Waals surface area contributed by atoms with Crippen molar-refractivity contribution in [2.75, 3.05) is 24.5 Å². The van der Waals surface area contributed by atoms with Crippen LogP contribution in [0.15, 0.2) is 108 Å². The molecule has 0 aromatic heterocycles. The lowest BCUT2D eigenvalue weighted by atomic mass is 10.0. The Hall–Kier alpha value is -4.70. The molecule has 0 unspecified atom stereocenters. The predicted octanol–water partition coefficient (Wildman–Crippen LogP) is 5.11. The number of aryl methyl sites for hydroxylation is 1. The van der Waals surface area contributed by atoms with Gasteiger partial charge in [-0.25, -0.2) is 12.8 Å². The van der Waals surface area contributed by atoms with E-state index in [0.29, 0.717) is 12.4 Å². The highest BCUT2D eigenvalue weighted by Gasteiger charge is 2.34. The molecule has 0 heterocycles. The zero-order valence-electron chi connectivity index (χ0n) is 24.9. The van der Waals surface area contributed by atoms with Crippen molar-refractivity contribution < 1.29 is 27.1 Å². The Kier molecular flexibility index (Phi) is 10.7. The number of halogens is 1. The molecule has 4 aromatic carbocycles. The lowest BCUT2D eigenvalue weighted by molar-refractivity contribution is -0.139. The fourth-order valence-electron chi connectivity index (χ4n) is 4.77. The van der Waals surface area contributed by atoms with Crippen molar-refractivity contribution in [3.05, 3.63) is 126 Å². The van der Waals surface area contributed by atoms with Crippen LogP contribution in [0.3, 0.4) is 0 Å². The van der Waals surface area contributed by atoms with E-state index in [2.05, 4.69) is 5.32 Å². The largest absolute Gasteiger partial charge is 0.494 e. The van der Waals surface area contributed by atoms with Gasteiger partial charge in [0.1, 0.15) is 24.2 Å². The predicted molar refractivity (Wildman–Crippen MR) is 168 cm³/mol. The van der Waals surface area contributed by atoms with Crippen molar-refractivity contribution >= 4 is 27.5 Å². The molecule has 1 N–H and O–H groups in total. The minimum absolute atomic E-state index is 0.00225. The zero-order valence-corrected chi connectivity index (χ0v) is 25.8. The number of anilines is 1. The van der Waals surface area contributed by atoms with Gasteiger partial charge in [-0.3, -0.25) is 13.9 Å². The molecule has 230 valence electrons. The fraction of sp³-hybridized carbons (Fsp3) is 0.235. The van der Waals surface area contributed by atoms with Crippen molar-refractivity contribution in [2.24, 2.45) is 0 Å². The first-order valence-corrected chi connectivity index (χ1v) is 15.7. The van der Waals surface area contributed by atoms with Crippen molar-refractivity contribution in [3.63, 3.8) is 0 Å². The number of hydrogen-bond donors (Lipinski definition) is 1. The number of amides is 2. The minimum atomic E-state index is -4.25. The molecule has 0 aliphatic heterocycles. The van der Waals surface area contributed by atoms with Crippen LogP contribution >= 0.6 is 0 Å². The molecule has 0 saturated carbocycles. The second kappa shape index (κ2) is 14.7. The molecule has 44 heavy (non-hydrogen) atoms. The lowest BCUT2D eigenvalue weighted by Crippen LogP contribution is -2.53. The molecule has 0 aliphatic carbocycles. The first-order valence-electron chi connectivity index (χ1n) is 14.2. The number of sulfonamides is 1. The van der Waals surface area contributed by atoms with Crippen molar-refractivity contribution in [1.29, 1.82) is 0 Å². The van der Waals surface area contributed by atoms with Gasteiger partial charge in [-0.2, -0.15) is 0 Å². The number of nitrogens with one attached hydrogen (secondary N) is 1. The van der Waals surface area contributed by atoms with E-state index in [1.165, 1.54) is 42.3 Å². The first-order chi connectivity index (χ1) is 21.1. The summed E-state index contributed by atoms with van der Waals surface area (Å²) in [5.41, 5.74) is 2.07. The molecule has 4 rings (SSSR count). The molecular weight excluding hydrogens is 581 g/mol. The van der Waals surface area contributed by atoms with Crippen LogP contribution in [0.25, 0.3) is 0 Å². The summed E-state index contributed by atoms with van der Waals surface area (Å²) in [4.78, 5) is 28.8. The summed E-state index contributed by atoms with van der Waals surface area (Å²) in [6, 6.07) is 26.8. The molecule has 4 aromatic rings. The molecule has 8 nitrogen and oxygen atoms in total. The standard InChI is InChI=1S/C34H36FN3O5S/c1-4-43-29-18-16-28(17-19-29)38(44(41,42)30-20-14-25(2)15-21-30)24-33(39)37(23-27-12-8-9-13-31(27)35)32(34(40)36-3)22-26-10-6-5-7-11-26/h5-21,32H,4,22-24H2,1-3H3,(H,36,40)/t32-/m0/s1. The number of hydrogen-bond acceptors (Lipinski definition) is 5. The molecule has 0 radical (unpaired) electrons. The van der Waals surface area contributed by atoms with Gasteiger partial charge in [-0.1, -0.05) is 66.2 Å². The van der Waals surface area contributed by atoms with Crippen LogP contribution < -0.4 is 14.4 Å². The summed E-state index contributed by atoms with van der Waals surface area (Å²) in [6.07, 6.45) is 0.133. The van der Waals surface area contributed by atoms with Gasteiger partial charge in [-0.15, -0.1) is 0 Å². The maximum Gasteiger partial charge on any atom is 0.264 e. The third kappa shape index (κ3) is 7.82. The SMILES string of the molecule is CCOc1ccc(N(CC(=O)N(Cc2ccccc2F)[C@@H](Cc2ccccc2)C(=O)NC)S(=O)(=O)c2ccc(C)cc2)cc1. The highest BCUT2D eigenvalue weighted by Crippen LogP contribution is 2.27. The second-order valence-corrected chi connectivity index (χ2v) is 12.0. The third-order valence-corrected chi connectivity index (χ3v) is 8.93. The van der Waals surface area contributed by atoms with Gasteiger partial charge < -0.3 is 15.0 Å². The second-order valence-electron chi connectivity index (χ2n) is 10.2. The lowest BCUT2D eigenvalue weighted by Gasteiger charge is -2.33. The number of carbonyl (C=O) groups is 2. The molecule has 10 heteroatoms. The Bertz CT molecular complexity index is 1660. The maximum atomic E-state index is 14.9. The van der Waals surface area contributed by atoms with Gasteiger partial charge in [0.05, 0.1) is 17.2 Å². The zero-order chi connectivity index (χ0) is 31.7. The monoisotopic (exact) mass is 617 g/mol. The number of likely N-dealkylation sites (N-methyl/N-ethyl adjacent to an activating group) is 1. The third-order valence-electron chi connectivity index (χ3n) is 7.14. The summed E-state index contributed by atoms with van der Waals surface area (Å²) in [5.74, 6) is -1.15. The van der Waals surface area contributed by atoms with E-state index in [-0.39, 0.29) is 29.1 Å². The van der Waals surface area contributed by atoms with Crippen LogP contribution in [0.5, 0.6) is 5.75 Å². The number of ether oxygens (including phenoxy) is 1. The average molecular weight is 618 g/mol. The molecular formula is C34H36FN3O5S. The summed E-state index contributed by atoms with van der Waals surface area (Å²) in [6.45, 7) is 3.22. The van der Waals surface area contributed by atoms with E-state index in [1.807, 2.05) is 44.2 Å². The van der Waals surface area contributed by atoms with Crippen LogP contribution in [0, 0.1) is 12.7 Å². The van der Waals surface area contributed by atoms with E-state index in [4.69, 9.17) is 4.74 Å². The van der Waals surface area contributed by atoms with Gasteiger partial charge in [0, 0.05) is 25.6 Å².